The van der Waals surface area contributed by atoms with Crippen LogP contribution in [-0.4, -0.2) is 51.9 Å². The molecule has 0 aromatic carbocycles. The molecule has 14 heavy (non-hydrogen) atoms. The second-order valence-corrected chi connectivity index (χ2v) is 3.44. The van der Waals surface area contributed by atoms with Gasteiger partial charge in [0, 0.05) is 6.92 Å². The van der Waals surface area contributed by atoms with Gasteiger partial charge in [0.1, 0.15) is 12.2 Å². The maximum absolute atomic E-state index is 10.8. The highest BCUT2D eigenvalue weighted by Crippen LogP contribution is 2.19. The van der Waals surface area contributed by atoms with Crippen molar-refractivity contribution in [3.05, 3.63) is 0 Å². The van der Waals surface area contributed by atoms with Gasteiger partial charge in [-0.1, -0.05) is 0 Å². The molecule has 0 unspecified atom stereocenters. The van der Waals surface area contributed by atoms with E-state index in [4.69, 9.17) is 9.84 Å². The van der Waals surface area contributed by atoms with Crippen LogP contribution in [0.5, 0.6) is 0 Å². The first-order valence-corrected chi connectivity index (χ1v) is 4.40. The summed E-state index contributed by atoms with van der Waals surface area (Å²) in [5.41, 5.74) is 0. The van der Waals surface area contributed by atoms with E-state index in [-0.39, 0.29) is 5.91 Å². The van der Waals surface area contributed by atoms with E-state index in [0.29, 0.717) is 0 Å². The fourth-order valence-corrected chi connectivity index (χ4v) is 1.48. The molecule has 0 saturated carbocycles. The number of hydrogen-bond acceptors (Lipinski definition) is 5. The van der Waals surface area contributed by atoms with Crippen molar-refractivity contribution in [3.63, 3.8) is 0 Å². The Hall–Kier alpha value is -0.690. The molecule has 1 amide bonds. The van der Waals surface area contributed by atoms with Gasteiger partial charge in [-0.05, 0) is 6.92 Å². The fourth-order valence-electron chi connectivity index (χ4n) is 1.48. The van der Waals surface area contributed by atoms with E-state index >= 15 is 0 Å². The zero-order chi connectivity index (χ0) is 10.9. The van der Waals surface area contributed by atoms with Crippen LogP contribution >= 0.6 is 0 Å². The van der Waals surface area contributed by atoms with E-state index < -0.39 is 30.6 Å². The molecule has 1 aliphatic heterocycles. The summed E-state index contributed by atoms with van der Waals surface area (Å²) in [6.07, 6.45) is -4.59. The van der Waals surface area contributed by atoms with Crippen LogP contribution in [0, 0.1) is 0 Å². The van der Waals surface area contributed by atoms with Gasteiger partial charge in [-0.3, -0.25) is 4.79 Å². The van der Waals surface area contributed by atoms with Gasteiger partial charge in [0.25, 0.3) is 0 Å². The topological polar surface area (TPSA) is 99.0 Å². The number of aliphatic hydroxyl groups excluding tert-OH is 3. The van der Waals surface area contributed by atoms with Crippen molar-refractivity contribution in [2.24, 2.45) is 0 Å². The molecule has 6 nitrogen and oxygen atoms in total. The van der Waals surface area contributed by atoms with Crippen molar-refractivity contribution in [2.75, 3.05) is 0 Å². The first kappa shape index (κ1) is 11.4. The molecule has 0 aromatic rings. The van der Waals surface area contributed by atoms with E-state index in [9.17, 15) is 15.0 Å². The highest BCUT2D eigenvalue weighted by Gasteiger charge is 2.42. The largest absolute Gasteiger partial charge is 0.388 e. The number of ether oxygens (including phenoxy) is 1. The van der Waals surface area contributed by atoms with E-state index in [1.54, 1.807) is 6.92 Å². The number of aliphatic hydroxyl groups is 3. The van der Waals surface area contributed by atoms with Crippen LogP contribution in [0.2, 0.25) is 0 Å². The Morgan fingerprint density at radius 3 is 2.36 bits per heavy atom. The predicted molar refractivity (Wildman–Crippen MR) is 46.2 cm³/mol. The predicted octanol–water partition coefficient (Wildman–Crippen LogP) is -2.05. The van der Waals surface area contributed by atoms with E-state index in [2.05, 4.69) is 5.32 Å². The van der Waals surface area contributed by atoms with E-state index in [1.807, 2.05) is 0 Å². The first-order chi connectivity index (χ1) is 6.43. The molecular formula is C8H15NO5. The van der Waals surface area contributed by atoms with Gasteiger partial charge < -0.3 is 25.4 Å². The summed E-state index contributed by atoms with van der Waals surface area (Å²) in [7, 11) is 0. The Morgan fingerprint density at radius 2 is 1.86 bits per heavy atom. The lowest BCUT2D eigenvalue weighted by Gasteiger charge is -2.39. The van der Waals surface area contributed by atoms with Gasteiger partial charge in [-0.25, -0.2) is 0 Å². The number of hydrogen-bond donors (Lipinski definition) is 4. The Bertz CT molecular complexity index is 222. The van der Waals surface area contributed by atoms with Crippen molar-refractivity contribution >= 4 is 5.91 Å². The molecule has 0 radical (unpaired) electrons. The lowest BCUT2D eigenvalue weighted by atomic mass is 9.97. The minimum Gasteiger partial charge on any atom is -0.388 e. The molecule has 0 aromatic heterocycles. The lowest BCUT2D eigenvalue weighted by molar-refractivity contribution is -0.253. The Labute approximate surface area is 81.5 Å². The van der Waals surface area contributed by atoms with Gasteiger partial charge >= 0.3 is 0 Å². The molecular weight excluding hydrogens is 190 g/mol. The Morgan fingerprint density at radius 1 is 1.29 bits per heavy atom. The number of carbonyl (C=O) groups is 1. The first-order valence-electron chi connectivity index (χ1n) is 4.40. The van der Waals surface area contributed by atoms with Crippen molar-refractivity contribution in [1.82, 2.24) is 5.32 Å². The highest BCUT2D eigenvalue weighted by atomic mass is 16.6. The summed E-state index contributed by atoms with van der Waals surface area (Å²) in [6.45, 7) is 2.90. The second-order valence-electron chi connectivity index (χ2n) is 3.44. The monoisotopic (exact) mass is 205 g/mol. The third-order valence-electron chi connectivity index (χ3n) is 2.24. The number of rotatable bonds is 1. The number of amides is 1. The number of nitrogens with one attached hydrogen (secondary N) is 1. The van der Waals surface area contributed by atoms with Gasteiger partial charge in [0.15, 0.2) is 6.29 Å². The minimum absolute atomic E-state index is 0.326. The average Bonchev–Trinajstić information content (AvgIpc) is 2.09. The molecule has 1 rings (SSSR count). The van der Waals surface area contributed by atoms with Crippen LogP contribution in [-0.2, 0) is 9.53 Å². The summed E-state index contributed by atoms with van der Waals surface area (Å²) < 4.78 is 4.91. The lowest BCUT2D eigenvalue weighted by Crippen LogP contribution is -2.62. The molecule has 82 valence electrons. The van der Waals surface area contributed by atoms with Crippen molar-refractivity contribution in [2.45, 2.75) is 44.5 Å². The standard InChI is InChI=1S/C8H15NO5/c1-3-5(9-4(2)10)6(11)7(12)8(13)14-3/h3,5-8,11-13H,1-2H3,(H,9,10)/t3-,5-,6+,7+,8-/m1/s1. The van der Waals surface area contributed by atoms with Crippen LogP contribution in [0.4, 0.5) is 0 Å². The maximum atomic E-state index is 10.8. The maximum Gasteiger partial charge on any atom is 0.217 e. The van der Waals surface area contributed by atoms with Crippen LogP contribution in [0.1, 0.15) is 13.8 Å². The number of carbonyl (C=O) groups excluding carboxylic acids is 1. The normalized spacial score (nSPS) is 43.4. The summed E-state index contributed by atoms with van der Waals surface area (Å²) in [4.78, 5) is 10.8. The second kappa shape index (κ2) is 4.22. The summed E-state index contributed by atoms with van der Waals surface area (Å²) in [5.74, 6) is -0.326. The summed E-state index contributed by atoms with van der Waals surface area (Å²) in [6, 6.07) is -0.703. The molecule has 1 saturated heterocycles. The highest BCUT2D eigenvalue weighted by molar-refractivity contribution is 5.73. The van der Waals surface area contributed by atoms with E-state index in [1.165, 1.54) is 6.92 Å². The molecule has 0 spiro atoms. The minimum atomic E-state index is -1.41. The van der Waals surface area contributed by atoms with Gasteiger partial charge in [-0.2, -0.15) is 0 Å². The zero-order valence-corrected chi connectivity index (χ0v) is 8.04. The third-order valence-corrected chi connectivity index (χ3v) is 2.24. The summed E-state index contributed by atoms with van der Waals surface area (Å²) >= 11 is 0. The molecule has 6 heteroatoms. The van der Waals surface area contributed by atoms with Crippen LogP contribution in [0.25, 0.3) is 0 Å². The van der Waals surface area contributed by atoms with Gasteiger partial charge in [0.2, 0.25) is 5.91 Å². The van der Waals surface area contributed by atoms with Crippen molar-refractivity contribution < 1.29 is 24.9 Å². The zero-order valence-electron chi connectivity index (χ0n) is 8.04. The Kier molecular flexibility index (Phi) is 3.43. The molecule has 1 fully saturated rings. The SMILES string of the molecule is CC(=O)N[C@H]1[C@H](O)[C@H](O)[C@H](O)O[C@@H]1C. The molecule has 4 N–H and O–H groups in total. The molecule has 5 atom stereocenters. The van der Waals surface area contributed by atoms with Crippen LogP contribution in [0.3, 0.4) is 0 Å². The van der Waals surface area contributed by atoms with Crippen molar-refractivity contribution in [1.29, 1.82) is 0 Å². The molecule has 0 bridgehead atoms. The average molecular weight is 205 g/mol. The van der Waals surface area contributed by atoms with Crippen molar-refractivity contribution in [3.8, 4) is 0 Å². The molecule has 1 aliphatic rings. The van der Waals surface area contributed by atoms with Gasteiger partial charge in [-0.15, -0.1) is 0 Å². The molecule has 1 heterocycles. The van der Waals surface area contributed by atoms with Gasteiger partial charge in [0.05, 0.1) is 12.1 Å². The van der Waals surface area contributed by atoms with E-state index in [0.717, 1.165) is 0 Å². The van der Waals surface area contributed by atoms with Crippen LogP contribution in [0.15, 0.2) is 0 Å². The fraction of sp³-hybridized carbons (Fsp3) is 0.875. The quantitative estimate of drug-likeness (QED) is 0.395. The van der Waals surface area contributed by atoms with Crippen LogP contribution < -0.4 is 5.32 Å². The third kappa shape index (κ3) is 2.21. The molecule has 0 aliphatic carbocycles. The Balaban J connectivity index is 2.68. The smallest absolute Gasteiger partial charge is 0.217 e. The summed E-state index contributed by atoms with van der Waals surface area (Å²) in [5, 5.41) is 30.4.